The molecule has 0 saturated heterocycles. The van der Waals surface area contributed by atoms with Crippen molar-refractivity contribution >= 4 is 39.5 Å². The van der Waals surface area contributed by atoms with Crippen LogP contribution in [0.5, 0.6) is 0 Å². The number of hydrogen-bond donors (Lipinski definition) is 3. The Morgan fingerprint density at radius 3 is 0.772 bits per heavy atom. The predicted octanol–water partition coefficient (Wildman–Crippen LogP) is 20.9. The molecular weight excluding hydrogens is 1210 g/mol. The lowest BCUT2D eigenvalue weighted by Crippen LogP contribution is -2.30. The first kappa shape index (κ1) is 90.1. The van der Waals surface area contributed by atoms with Crippen LogP contribution in [0.1, 0.15) is 364 Å². The van der Waals surface area contributed by atoms with Crippen molar-refractivity contribution in [1.29, 1.82) is 0 Å². The molecule has 19 heteroatoms. The molecule has 0 saturated carbocycles. The number of aliphatic hydroxyl groups is 1. The number of carbonyl (C=O) groups is 4. The van der Waals surface area contributed by atoms with Crippen molar-refractivity contribution in [2.24, 2.45) is 23.7 Å². The van der Waals surface area contributed by atoms with Crippen LogP contribution in [0.4, 0.5) is 0 Å². The highest BCUT2D eigenvalue weighted by atomic mass is 31.2. The lowest BCUT2D eigenvalue weighted by Gasteiger charge is -2.21. The molecule has 0 fully saturated rings. The summed E-state index contributed by atoms with van der Waals surface area (Å²) in [5, 5.41) is 10.6. The van der Waals surface area contributed by atoms with E-state index < -0.39 is 97.5 Å². The predicted molar refractivity (Wildman–Crippen MR) is 372 cm³/mol. The Bertz CT molecular complexity index is 1820. The van der Waals surface area contributed by atoms with Crippen LogP contribution in [0, 0.1) is 23.7 Å². The fourth-order valence-electron chi connectivity index (χ4n) is 10.9. The van der Waals surface area contributed by atoms with Crippen molar-refractivity contribution in [3.05, 3.63) is 0 Å². The second kappa shape index (κ2) is 62.6. The lowest BCUT2D eigenvalue weighted by molar-refractivity contribution is -0.161. The molecule has 0 heterocycles. The molecule has 0 radical (unpaired) electrons. The van der Waals surface area contributed by atoms with Gasteiger partial charge in [0.1, 0.15) is 19.3 Å². The smallest absolute Gasteiger partial charge is 0.462 e. The van der Waals surface area contributed by atoms with Gasteiger partial charge in [-0.25, -0.2) is 9.13 Å². The van der Waals surface area contributed by atoms with Crippen molar-refractivity contribution < 1.29 is 80.2 Å². The number of rotatable bonds is 70. The number of unbranched alkanes of at least 4 members (excludes halogenated alkanes) is 33. The number of phosphoric ester groups is 2. The van der Waals surface area contributed by atoms with Crippen molar-refractivity contribution in [3.8, 4) is 0 Å². The largest absolute Gasteiger partial charge is 0.472 e. The SMILES string of the molecule is CCC(C)CCCCCCCCCCCCCCCCCCCCC(=O)OC[C@H](COP(=O)(O)OC[C@@H](O)COP(=O)(O)OC[C@@H](COC(=O)CCCCCCCCC(C)CC)OC(=O)CCCCCCCCCC(C)C)OC(=O)CCCCCCCCC(C)CC. The topological polar surface area (TPSA) is 237 Å². The highest BCUT2D eigenvalue weighted by molar-refractivity contribution is 7.47. The van der Waals surface area contributed by atoms with E-state index in [4.69, 9.17) is 37.0 Å². The number of ether oxygens (including phenoxy) is 4. The first-order valence-corrected chi connectivity index (χ1v) is 40.8. The van der Waals surface area contributed by atoms with E-state index in [1.165, 1.54) is 161 Å². The summed E-state index contributed by atoms with van der Waals surface area (Å²) in [6, 6.07) is 0. The second-order valence-electron chi connectivity index (χ2n) is 27.5. The zero-order chi connectivity index (χ0) is 68.2. The summed E-state index contributed by atoms with van der Waals surface area (Å²) in [5.41, 5.74) is 0. The third-order valence-electron chi connectivity index (χ3n) is 17.9. The zero-order valence-corrected chi connectivity index (χ0v) is 62.0. The minimum Gasteiger partial charge on any atom is -0.462 e. The van der Waals surface area contributed by atoms with Crippen LogP contribution in [-0.4, -0.2) is 96.7 Å². The minimum atomic E-state index is -4.95. The molecule has 3 N–H and O–H groups in total. The third kappa shape index (κ3) is 62.8. The molecule has 0 amide bonds. The molecule has 0 bridgehead atoms. The zero-order valence-electron chi connectivity index (χ0n) is 60.2. The Hall–Kier alpha value is -1.94. The van der Waals surface area contributed by atoms with E-state index in [9.17, 15) is 43.2 Å². The van der Waals surface area contributed by atoms with Gasteiger partial charge in [-0.3, -0.25) is 37.3 Å². The molecular formula is C73H142O17P2. The summed E-state index contributed by atoms with van der Waals surface area (Å²) < 4.78 is 68.3. The van der Waals surface area contributed by atoms with Crippen molar-refractivity contribution in [1.82, 2.24) is 0 Å². The maximum atomic E-state index is 13.0. The fourth-order valence-corrected chi connectivity index (χ4v) is 12.5. The van der Waals surface area contributed by atoms with Gasteiger partial charge in [-0.1, -0.05) is 312 Å². The minimum absolute atomic E-state index is 0.102. The normalized spacial score (nSPS) is 15.1. The molecule has 0 aliphatic heterocycles. The lowest BCUT2D eigenvalue weighted by atomic mass is 9.99. The number of carbonyl (C=O) groups excluding carboxylic acids is 4. The van der Waals surface area contributed by atoms with E-state index in [0.29, 0.717) is 31.6 Å². The van der Waals surface area contributed by atoms with Crippen LogP contribution < -0.4 is 0 Å². The monoisotopic (exact) mass is 1350 g/mol. The summed E-state index contributed by atoms with van der Waals surface area (Å²) in [4.78, 5) is 72.5. The Kier molecular flexibility index (Phi) is 61.3. The Morgan fingerprint density at radius 1 is 0.304 bits per heavy atom. The van der Waals surface area contributed by atoms with E-state index in [0.717, 1.165) is 114 Å². The van der Waals surface area contributed by atoms with E-state index in [1.807, 2.05) is 0 Å². The van der Waals surface area contributed by atoms with Crippen LogP contribution in [0.25, 0.3) is 0 Å². The molecule has 0 aliphatic rings. The van der Waals surface area contributed by atoms with Crippen molar-refractivity contribution in [3.63, 3.8) is 0 Å². The number of esters is 4. The fraction of sp³-hybridized carbons (Fsp3) is 0.945. The van der Waals surface area contributed by atoms with E-state index in [2.05, 4.69) is 55.4 Å². The average molecular weight is 1350 g/mol. The molecule has 0 aromatic heterocycles. The van der Waals surface area contributed by atoms with Gasteiger partial charge in [0.05, 0.1) is 26.4 Å². The van der Waals surface area contributed by atoms with Crippen LogP contribution in [-0.2, 0) is 65.4 Å². The molecule has 0 aromatic carbocycles. The standard InChI is InChI=1S/C73H142O17P2/c1-9-64(6)50-42-34-26-22-20-18-16-14-12-13-15-17-19-21-23-27-37-45-53-70(75)83-59-69(90-73(78)56-48-40-32-30-36-44-52-66(8)11-3)62-88-92(81,82)86-58-67(74)57-85-91(79,80)87-61-68(89-72(77)55-47-39-28-24-25-33-41-49-63(4)5)60-84-71(76)54-46-38-31-29-35-43-51-65(7)10-2/h63-69,74H,9-62H2,1-8H3,(H,79,80)(H,81,82)/t64?,65?,66?,67-,68+,69+/m0/s1. The molecule has 0 spiro atoms. The molecule has 546 valence electrons. The first-order valence-electron chi connectivity index (χ1n) is 37.8. The third-order valence-corrected chi connectivity index (χ3v) is 19.8. The van der Waals surface area contributed by atoms with Crippen LogP contribution in [0.2, 0.25) is 0 Å². The summed E-state index contributed by atoms with van der Waals surface area (Å²) in [6.07, 6.45) is 46.2. The van der Waals surface area contributed by atoms with Crippen LogP contribution in [0.15, 0.2) is 0 Å². The highest BCUT2D eigenvalue weighted by Gasteiger charge is 2.30. The number of hydrogen-bond acceptors (Lipinski definition) is 15. The summed E-state index contributed by atoms with van der Waals surface area (Å²) >= 11 is 0. The van der Waals surface area contributed by atoms with Gasteiger partial charge in [-0.05, 0) is 49.4 Å². The van der Waals surface area contributed by atoms with Gasteiger partial charge in [0.2, 0.25) is 0 Å². The molecule has 0 aromatic rings. The average Bonchev–Trinajstić information content (AvgIpc) is 2.48. The van der Waals surface area contributed by atoms with Gasteiger partial charge in [0, 0.05) is 25.7 Å². The van der Waals surface area contributed by atoms with Gasteiger partial charge in [0.15, 0.2) is 12.2 Å². The first-order chi connectivity index (χ1) is 44.2. The van der Waals surface area contributed by atoms with Gasteiger partial charge in [-0.15, -0.1) is 0 Å². The van der Waals surface area contributed by atoms with E-state index >= 15 is 0 Å². The van der Waals surface area contributed by atoms with Crippen LogP contribution >= 0.6 is 15.6 Å². The van der Waals surface area contributed by atoms with Crippen molar-refractivity contribution in [2.45, 2.75) is 382 Å². The Balaban J connectivity index is 5.11. The summed E-state index contributed by atoms with van der Waals surface area (Å²) in [6.45, 7) is 14.1. The molecule has 8 atom stereocenters. The van der Waals surface area contributed by atoms with E-state index in [1.54, 1.807) is 0 Å². The van der Waals surface area contributed by atoms with Crippen molar-refractivity contribution in [2.75, 3.05) is 39.6 Å². The Morgan fingerprint density at radius 2 is 0.522 bits per heavy atom. The summed E-state index contributed by atoms with van der Waals surface area (Å²) in [5.74, 6) is 0.887. The highest BCUT2D eigenvalue weighted by Crippen LogP contribution is 2.45. The van der Waals surface area contributed by atoms with Crippen LogP contribution in [0.3, 0.4) is 0 Å². The molecule has 5 unspecified atom stereocenters. The maximum Gasteiger partial charge on any atom is 0.472 e. The quantitative estimate of drug-likeness (QED) is 0.0222. The van der Waals surface area contributed by atoms with Gasteiger partial charge in [0.25, 0.3) is 0 Å². The maximum absolute atomic E-state index is 13.0. The molecule has 92 heavy (non-hydrogen) atoms. The number of phosphoric acid groups is 2. The van der Waals surface area contributed by atoms with Gasteiger partial charge >= 0.3 is 39.5 Å². The van der Waals surface area contributed by atoms with Gasteiger partial charge < -0.3 is 33.8 Å². The molecule has 17 nitrogen and oxygen atoms in total. The number of aliphatic hydroxyl groups excluding tert-OH is 1. The second-order valence-corrected chi connectivity index (χ2v) is 30.4. The van der Waals surface area contributed by atoms with E-state index in [-0.39, 0.29) is 25.7 Å². The summed E-state index contributed by atoms with van der Waals surface area (Å²) in [7, 11) is -9.90. The Labute approximate surface area is 562 Å². The van der Waals surface area contributed by atoms with Gasteiger partial charge in [-0.2, -0.15) is 0 Å². The molecule has 0 aliphatic carbocycles. The molecule has 0 rings (SSSR count).